The summed E-state index contributed by atoms with van der Waals surface area (Å²) >= 11 is 0. The van der Waals surface area contributed by atoms with Crippen molar-refractivity contribution in [3.63, 3.8) is 0 Å². The van der Waals surface area contributed by atoms with Crippen molar-refractivity contribution in [2.45, 2.75) is 65.1 Å². The van der Waals surface area contributed by atoms with E-state index in [2.05, 4.69) is 39.9 Å². The number of hydrogen-bond acceptors (Lipinski definition) is 2. The maximum Gasteiger partial charge on any atom is 0.191 e. The van der Waals surface area contributed by atoms with Crippen LogP contribution in [0.1, 0.15) is 47.0 Å². The summed E-state index contributed by atoms with van der Waals surface area (Å²) in [5, 5.41) is 9.15. The van der Waals surface area contributed by atoms with Crippen LogP contribution >= 0.6 is 0 Å². The Hall–Kier alpha value is -0.123. The maximum absolute atomic E-state index is 8.85. The zero-order valence-electron chi connectivity index (χ0n) is 12.5. The van der Waals surface area contributed by atoms with Gasteiger partial charge in [-0.05, 0) is 44.3 Å². The maximum atomic E-state index is 8.85. The molecule has 0 aliphatic heterocycles. The van der Waals surface area contributed by atoms with E-state index in [0.29, 0.717) is 5.04 Å². The smallest absolute Gasteiger partial charge is 0.191 e. The highest BCUT2D eigenvalue weighted by Gasteiger charge is 2.36. The van der Waals surface area contributed by atoms with Gasteiger partial charge >= 0.3 is 0 Å². The minimum Gasteiger partial charge on any atom is -0.417 e. The van der Waals surface area contributed by atoms with Crippen LogP contribution in [0.25, 0.3) is 0 Å². The molecule has 0 radical (unpaired) electrons. The second-order valence-corrected chi connectivity index (χ2v) is 11.1. The van der Waals surface area contributed by atoms with Gasteiger partial charge in [0.05, 0.1) is 6.61 Å². The molecule has 0 aliphatic carbocycles. The van der Waals surface area contributed by atoms with E-state index in [1.807, 2.05) is 6.92 Å². The van der Waals surface area contributed by atoms with Crippen LogP contribution in [0.5, 0.6) is 0 Å². The SMILES string of the molecule is CC(=CCCCCO[Si](C)(C)C(C)(C)C)CO. The van der Waals surface area contributed by atoms with Gasteiger partial charge in [0.2, 0.25) is 0 Å². The Bertz CT molecular complexity index is 239. The first-order valence-corrected chi connectivity index (χ1v) is 9.52. The second-order valence-electron chi connectivity index (χ2n) is 6.31. The third-order valence-electron chi connectivity index (χ3n) is 3.61. The zero-order valence-corrected chi connectivity index (χ0v) is 13.5. The standard InChI is InChI=1S/C14H30O2Si/c1-13(12-15)10-8-7-9-11-16-17(5,6)14(2,3)4/h10,15H,7-9,11-12H2,1-6H3. The van der Waals surface area contributed by atoms with Crippen LogP contribution in [-0.2, 0) is 4.43 Å². The molecule has 102 valence electrons. The van der Waals surface area contributed by atoms with Gasteiger partial charge in [-0.3, -0.25) is 0 Å². The third-order valence-corrected chi connectivity index (χ3v) is 8.15. The highest BCUT2D eigenvalue weighted by Crippen LogP contribution is 2.36. The molecule has 0 aromatic rings. The number of allylic oxidation sites excluding steroid dienone is 1. The van der Waals surface area contributed by atoms with Crippen LogP contribution < -0.4 is 0 Å². The van der Waals surface area contributed by atoms with Crippen molar-refractivity contribution in [1.82, 2.24) is 0 Å². The second kappa shape index (κ2) is 7.34. The van der Waals surface area contributed by atoms with Crippen molar-refractivity contribution in [3.8, 4) is 0 Å². The van der Waals surface area contributed by atoms with Crippen LogP contribution in [-0.4, -0.2) is 26.6 Å². The Labute approximate surface area is 108 Å². The lowest BCUT2D eigenvalue weighted by atomic mass is 10.2. The summed E-state index contributed by atoms with van der Waals surface area (Å²) in [4.78, 5) is 0. The van der Waals surface area contributed by atoms with E-state index in [9.17, 15) is 0 Å². The van der Waals surface area contributed by atoms with Crippen LogP contribution in [0.2, 0.25) is 18.1 Å². The van der Waals surface area contributed by atoms with Gasteiger partial charge in [-0.25, -0.2) is 0 Å². The van der Waals surface area contributed by atoms with E-state index in [0.717, 1.165) is 31.4 Å². The van der Waals surface area contributed by atoms with Crippen LogP contribution in [0, 0.1) is 0 Å². The monoisotopic (exact) mass is 258 g/mol. The molecule has 0 aromatic heterocycles. The Morgan fingerprint density at radius 3 is 2.29 bits per heavy atom. The highest BCUT2D eigenvalue weighted by atomic mass is 28.4. The lowest BCUT2D eigenvalue weighted by Gasteiger charge is -2.36. The first-order chi connectivity index (χ1) is 7.70. The molecular weight excluding hydrogens is 228 g/mol. The molecular formula is C14H30O2Si. The van der Waals surface area contributed by atoms with E-state index < -0.39 is 8.32 Å². The Kier molecular flexibility index (Phi) is 7.29. The van der Waals surface area contributed by atoms with Crippen molar-refractivity contribution in [2.75, 3.05) is 13.2 Å². The lowest BCUT2D eigenvalue weighted by molar-refractivity contribution is 0.279. The first kappa shape index (κ1) is 16.9. The normalized spacial score (nSPS) is 14.2. The van der Waals surface area contributed by atoms with Gasteiger partial charge in [-0.2, -0.15) is 0 Å². The zero-order chi connectivity index (χ0) is 13.5. The molecule has 2 nitrogen and oxygen atoms in total. The van der Waals surface area contributed by atoms with E-state index >= 15 is 0 Å². The summed E-state index contributed by atoms with van der Waals surface area (Å²) in [6, 6.07) is 0. The fourth-order valence-corrected chi connectivity index (χ4v) is 2.29. The molecule has 17 heavy (non-hydrogen) atoms. The summed E-state index contributed by atoms with van der Waals surface area (Å²) in [5.74, 6) is 0. The van der Waals surface area contributed by atoms with Gasteiger partial charge in [-0.15, -0.1) is 0 Å². The minimum absolute atomic E-state index is 0.181. The predicted octanol–water partition coefficient (Wildman–Crippen LogP) is 4.12. The quantitative estimate of drug-likeness (QED) is 0.423. The van der Waals surface area contributed by atoms with E-state index in [4.69, 9.17) is 9.53 Å². The van der Waals surface area contributed by atoms with E-state index in [-0.39, 0.29) is 6.61 Å². The average Bonchev–Trinajstić information content (AvgIpc) is 2.21. The lowest BCUT2D eigenvalue weighted by Crippen LogP contribution is -2.40. The molecule has 0 heterocycles. The summed E-state index contributed by atoms with van der Waals surface area (Å²) in [6.07, 6.45) is 5.42. The number of aliphatic hydroxyl groups is 1. The first-order valence-electron chi connectivity index (χ1n) is 6.61. The predicted molar refractivity (Wildman–Crippen MR) is 77.8 cm³/mol. The van der Waals surface area contributed by atoms with Gasteiger partial charge < -0.3 is 9.53 Å². The summed E-state index contributed by atoms with van der Waals surface area (Å²) in [7, 11) is -1.55. The van der Waals surface area contributed by atoms with Gasteiger partial charge in [0, 0.05) is 6.61 Å². The number of aliphatic hydroxyl groups excluding tert-OH is 1. The fraction of sp³-hybridized carbons (Fsp3) is 0.857. The summed E-state index contributed by atoms with van der Waals surface area (Å²) < 4.78 is 6.10. The largest absolute Gasteiger partial charge is 0.417 e. The fourth-order valence-electron chi connectivity index (χ4n) is 1.20. The molecule has 0 aromatic carbocycles. The number of rotatable bonds is 7. The third kappa shape index (κ3) is 7.01. The van der Waals surface area contributed by atoms with Crippen LogP contribution in [0.4, 0.5) is 0 Å². The Balaban J connectivity index is 3.73. The van der Waals surface area contributed by atoms with Gasteiger partial charge in [0.25, 0.3) is 0 Å². The van der Waals surface area contributed by atoms with E-state index in [1.54, 1.807) is 0 Å². The van der Waals surface area contributed by atoms with Gasteiger partial charge in [0.1, 0.15) is 0 Å². The Morgan fingerprint density at radius 1 is 1.24 bits per heavy atom. The molecule has 3 heteroatoms. The average molecular weight is 258 g/mol. The van der Waals surface area contributed by atoms with Crippen LogP contribution in [0.3, 0.4) is 0 Å². The minimum atomic E-state index is -1.55. The van der Waals surface area contributed by atoms with E-state index in [1.165, 1.54) is 0 Å². The number of unbranched alkanes of at least 4 members (excludes halogenated alkanes) is 2. The molecule has 0 fully saturated rings. The molecule has 0 unspecified atom stereocenters. The highest BCUT2D eigenvalue weighted by molar-refractivity contribution is 6.74. The molecule has 1 N–H and O–H groups in total. The topological polar surface area (TPSA) is 29.5 Å². The molecule has 0 saturated heterocycles. The molecule has 0 atom stereocenters. The summed E-state index contributed by atoms with van der Waals surface area (Å²) in [6.45, 7) is 14.4. The Morgan fingerprint density at radius 2 is 1.82 bits per heavy atom. The van der Waals surface area contributed by atoms with Crippen molar-refractivity contribution >= 4 is 8.32 Å². The molecule has 0 saturated carbocycles. The van der Waals surface area contributed by atoms with Crippen molar-refractivity contribution in [2.24, 2.45) is 0 Å². The van der Waals surface area contributed by atoms with Gasteiger partial charge in [0.15, 0.2) is 8.32 Å². The van der Waals surface area contributed by atoms with Crippen molar-refractivity contribution in [3.05, 3.63) is 11.6 Å². The number of hydrogen-bond donors (Lipinski definition) is 1. The van der Waals surface area contributed by atoms with Gasteiger partial charge in [-0.1, -0.05) is 32.4 Å². The van der Waals surface area contributed by atoms with Crippen LogP contribution in [0.15, 0.2) is 11.6 Å². The molecule has 0 bridgehead atoms. The molecule has 0 rings (SSSR count). The molecule has 0 amide bonds. The van der Waals surface area contributed by atoms with Crippen molar-refractivity contribution in [1.29, 1.82) is 0 Å². The van der Waals surface area contributed by atoms with Crippen molar-refractivity contribution < 1.29 is 9.53 Å². The summed E-state index contributed by atoms with van der Waals surface area (Å²) in [5.41, 5.74) is 1.07. The molecule has 0 spiro atoms. The molecule has 0 aliphatic rings.